The van der Waals surface area contributed by atoms with Crippen LogP contribution < -0.4 is 0 Å². The summed E-state index contributed by atoms with van der Waals surface area (Å²) in [6, 6.07) is 27.3. The van der Waals surface area contributed by atoms with Crippen molar-refractivity contribution in [1.82, 2.24) is 0 Å². The fraction of sp³-hybridized carbons (Fsp3) is 0.0870. The molecule has 0 radical (unpaired) electrons. The average Bonchev–Trinajstić information content (AvgIpc) is 2.62. The van der Waals surface area contributed by atoms with Crippen molar-refractivity contribution in [3.8, 4) is 11.1 Å². The summed E-state index contributed by atoms with van der Waals surface area (Å²) in [4.78, 5) is 12.0. The van der Waals surface area contributed by atoms with E-state index in [1.54, 1.807) is 6.92 Å². The summed E-state index contributed by atoms with van der Waals surface area (Å²) in [5.41, 5.74) is 3.47. The zero-order valence-corrected chi connectivity index (χ0v) is 13.6. The number of carbonyl (C=O) groups excluding carboxylic acids is 1. The summed E-state index contributed by atoms with van der Waals surface area (Å²) in [5.74, 6) is 0.188. The van der Waals surface area contributed by atoms with Crippen LogP contribution in [0.15, 0.2) is 78.9 Å². The highest BCUT2D eigenvalue weighted by molar-refractivity contribution is 6.16. The van der Waals surface area contributed by atoms with E-state index in [1.165, 1.54) is 27.1 Å². The zero-order valence-electron chi connectivity index (χ0n) is 13.6. The van der Waals surface area contributed by atoms with E-state index < -0.39 is 0 Å². The van der Waals surface area contributed by atoms with Gasteiger partial charge in [0.15, 0.2) is 0 Å². The zero-order chi connectivity index (χ0) is 16.5. The maximum atomic E-state index is 12.0. The summed E-state index contributed by atoms with van der Waals surface area (Å²) in [6.45, 7) is 1.67. The lowest BCUT2D eigenvalue weighted by atomic mass is 9.86. The Kier molecular flexibility index (Phi) is 3.62. The highest BCUT2D eigenvalue weighted by Gasteiger charge is 2.16. The monoisotopic (exact) mass is 310 g/mol. The molecule has 0 atom stereocenters. The third-order valence-electron chi connectivity index (χ3n) is 4.53. The van der Waals surface area contributed by atoms with Crippen LogP contribution in [-0.4, -0.2) is 5.78 Å². The lowest BCUT2D eigenvalue weighted by molar-refractivity contribution is -0.116. The van der Waals surface area contributed by atoms with E-state index in [-0.39, 0.29) is 5.78 Å². The van der Waals surface area contributed by atoms with Crippen molar-refractivity contribution < 1.29 is 4.79 Å². The fourth-order valence-electron chi connectivity index (χ4n) is 3.58. The summed E-state index contributed by atoms with van der Waals surface area (Å²) >= 11 is 0. The second-order valence-corrected chi connectivity index (χ2v) is 6.19. The molecule has 4 aromatic rings. The van der Waals surface area contributed by atoms with Gasteiger partial charge in [-0.1, -0.05) is 78.9 Å². The summed E-state index contributed by atoms with van der Waals surface area (Å²) in [6.07, 6.45) is 0.454. The van der Waals surface area contributed by atoms with Gasteiger partial charge in [0.05, 0.1) is 0 Å². The number of benzene rings is 4. The number of hydrogen-bond acceptors (Lipinski definition) is 1. The molecule has 0 aliphatic carbocycles. The minimum atomic E-state index is 0.188. The van der Waals surface area contributed by atoms with Crippen LogP contribution >= 0.6 is 0 Å². The first-order valence-electron chi connectivity index (χ1n) is 8.23. The Morgan fingerprint density at radius 2 is 1.17 bits per heavy atom. The second kappa shape index (κ2) is 5.93. The largest absolute Gasteiger partial charge is 0.300 e. The molecule has 0 unspecified atom stereocenters. The van der Waals surface area contributed by atoms with Crippen molar-refractivity contribution in [2.75, 3.05) is 0 Å². The van der Waals surface area contributed by atoms with Crippen LogP contribution in [0.1, 0.15) is 12.5 Å². The van der Waals surface area contributed by atoms with Gasteiger partial charge in [0, 0.05) is 6.42 Å². The Labute approximate surface area is 141 Å². The van der Waals surface area contributed by atoms with Crippen LogP contribution in [0.25, 0.3) is 32.7 Å². The first-order chi connectivity index (χ1) is 11.8. The molecule has 0 saturated carbocycles. The van der Waals surface area contributed by atoms with E-state index in [2.05, 4.69) is 72.8 Å². The normalized spacial score (nSPS) is 11.0. The molecule has 1 nitrogen and oxygen atoms in total. The predicted octanol–water partition coefficient (Wildman–Crippen LogP) is 5.79. The molecule has 24 heavy (non-hydrogen) atoms. The molecule has 0 amide bonds. The van der Waals surface area contributed by atoms with Crippen LogP contribution in [0.2, 0.25) is 0 Å². The topological polar surface area (TPSA) is 17.1 Å². The van der Waals surface area contributed by atoms with E-state index in [9.17, 15) is 4.79 Å². The molecule has 0 fully saturated rings. The lowest BCUT2D eigenvalue weighted by Crippen LogP contribution is -2.01. The van der Waals surface area contributed by atoms with Crippen LogP contribution in [0.3, 0.4) is 0 Å². The predicted molar refractivity (Wildman–Crippen MR) is 101 cm³/mol. The van der Waals surface area contributed by atoms with Gasteiger partial charge in [0.1, 0.15) is 5.78 Å². The lowest BCUT2D eigenvalue weighted by Gasteiger charge is -2.17. The summed E-state index contributed by atoms with van der Waals surface area (Å²) in [7, 11) is 0. The third-order valence-corrected chi connectivity index (χ3v) is 4.53. The number of carbonyl (C=O) groups is 1. The van der Waals surface area contributed by atoms with Gasteiger partial charge in [0.25, 0.3) is 0 Å². The Bertz CT molecular complexity index is 1050. The number of hydrogen-bond donors (Lipinski definition) is 0. The molecule has 0 bridgehead atoms. The Morgan fingerprint density at radius 3 is 1.79 bits per heavy atom. The van der Waals surface area contributed by atoms with Crippen molar-refractivity contribution in [2.24, 2.45) is 0 Å². The van der Waals surface area contributed by atoms with Crippen molar-refractivity contribution in [2.45, 2.75) is 13.3 Å². The van der Waals surface area contributed by atoms with Gasteiger partial charge in [0.2, 0.25) is 0 Å². The van der Waals surface area contributed by atoms with Gasteiger partial charge in [-0.15, -0.1) is 0 Å². The number of rotatable bonds is 3. The number of ketones is 1. The summed E-state index contributed by atoms with van der Waals surface area (Å²) < 4.78 is 0. The number of fused-ring (bicyclic) bond motifs is 3. The van der Waals surface area contributed by atoms with Gasteiger partial charge in [-0.2, -0.15) is 0 Å². The van der Waals surface area contributed by atoms with Gasteiger partial charge < -0.3 is 0 Å². The molecule has 0 aromatic heterocycles. The Hall–Kier alpha value is -2.93. The highest BCUT2D eigenvalue weighted by Crippen LogP contribution is 2.39. The van der Waals surface area contributed by atoms with E-state index in [1.807, 2.05) is 6.07 Å². The van der Waals surface area contributed by atoms with Crippen molar-refractivity contribution in [3.63, 3.8) is 0 Å². The van der Waals surface area contributed by atoms with E-state index in [0.717, 1.165) is 11.1 Å². The molecule has 0 aliphatic heterocycles. The highest BCUT2D eigenvalue weighted by atomic mass is 16.1. The van der Waals surface area contributed by atoms with Crippen LogP contribution in [0.4, 0.5) is 0 Å². The Morgan fingerprint density at radius 1 is 0.667 bits per heavy atom. The minimum Gasteiger partial charge on any atom is -0.300 e. The molecule has 0 spiro atoms. The maximum absolute atomic E-state index is 12.0. The fourth-order valence-corrected chi connectivity index (χ4v) is 3.58. The van der Waals surface area contributed by atoms with Gasteiger partial charge in [-0.05, 0) is 45.2 Å². The summed E-state index contributed by atoms with van der Waals surface area (Å²) in [5, 5.41) is 4.83. The molecule has 4 rings (SSSR count). The standard InChI is InChI=1S/C23H18O/c1-16(24)15-22-20-13-6-5-11-18(20)19-12-7-8-14-21(19)23(22)17-9-3-2-4-10-17/h2-14H,15H2,1H3. The van der Waals surface area contributed by atoms with Gasteiger partial charge >= 0.3 is 0 Å². The molecule has 4 aromatic carbocycles. The minimum absolute atomic E-state index is 0.188. The molecule has 0 N–H and O–H groups in total. The van der Waals surface area contributed by atoms with E-state index >= 15 is 0 Å². The smallest absolute Gasteiger partial charge is 0.134 e. The SMILES string of the molecule is CC(=O)Cc1c(-c2ccccc2)c2ccccc2c2ccccc12. The Balaban J connectivity index is 2.23. The van der Waals surface area contributed by atoms with E-state index in [0.29, 0.717) is 6.42 Å². The van der Waals surface area contributed by atoms with Gasteiger partial charge in [-0.3, -0.25) is 4.79 Å². The van der Waals surface area contributed by atoms with Gasteiger partial charge in [-0.25, -0.2) is 0 Å². The molecular formula is C23H18O. The maximum Gasteiger partial charge on any atom is 0.134 e. The van der Waals surface area contributed by atoms with Crippen molar-refractivity contribution in [1.29, 1.82) is 0 Å². The third kappa shape index (κ3) is 2.39. The first kappa shape index (κ1) is 14.6. The molecule has 0 heterocycles. The molecule has 0 aliphatic rings. The second-order valence-electron chi connectivity index (χ2n) is 6.19. The first-order valence-corrected chi connectivity index (χ1v) is 8.23. The van der Waals surface area contributed by atoms with Crippen molar-refractivity contribution >= 4 is 27.3 Å². The quantitative estimate of drug-likeness (QED) is 0.438. The molecule has 116 valence electrons. The van der Waals surface area contributed by atoms with Crippen LogP contribution in [0.5, 0.6) is 0 Å². The van der Waals surface area contributed by atoms with Crippen LogP contribution in [0, 0.1) is 0 Å². The molecular weight excluding hydrogens is 292 g/mol. The van der Waals surface area contributed by atoms with Crippen LogP contribution in [-0.2, 0) is 11.2 Å². The molecule has 1 heteroatoms. The van der Waals surface area contributed by atoms with Crippen molar-refractivity contribution in [3.05, 3.63) is 84.4 Å². The number of Topliss-reactive ketones (excluding diaryl/α,β-unsaturated/α-hetero) is 1. The average molecular weight is 310 g/mol. The van der Waals surface area contributed by atoms with E-state index in [4.69, 9.17) is 0 Å². The molecule has 0 saturated heterocycles.